The van der Waals surface area contributed by atoms with Crippen molar-refractivity contribution < 1.29 is 14.6 Å². The number of hydrogen-bond acceptors (Lipinski definition) is 3. The molecule has 0 aromatic rings. The monoisotopic (exact) mass is 182 g/mol. The maximum atomic E-state index is 11.0. The molecule has 0 unspecified atom stereocenters. The van der Waals surface area contributed by atoms with Gasteiger partial charge < -0.3 is 9.84 Å². The normalized spacial score (nSPS) is 26.8. The Morgan fingerprint density at radius 2 is 2.08 bits per heavy atom. The Morgan fingerprint density at radius 1 is 1.38 bits per heavy atom. The van der Waals surface area contributed by atoms with Gasteiger partial charge >= 0.3 is 0 Å². The lowest BCUT2D eigenvalue weighted by Crippen LogP contribution is -2.36. The molecule has 3 heteroatoms. The van der Waals surface area contributed by atoms with E-state index < -0.39 is 5.60 Å². The standard InChI is InChI=1S/C10H14O3/c11-8-3-5-10(12,6-4-8)9-2-1-7-13-9/h2,12H,1,3-7H2. The molecular formula is C10H14O3. The van der Waals surface area contributed by atoms with Crippen molar-refractivity contribution in [2.24, 2.45) is 0 Å². The summed E-state index contributed by atoms with van der Waals surface area (Å²) >= 11 is 0. The fourth-order valence-electron chi connectivity index (χ4n) is 1.93. The van der Waals surface area contributed by atoms with Gasteiger partial charge in [0.15, 0.2) is 0 Å². The lowest BCUT2D eigenvalue weighted by atomic mass is 9.82. The van der Waals surface area contributed by atoms with Gasteiger partial charge in [0.2, 0.25) is 0 Å². The van der Waals surface area contributed by atoms with Crippen molar-refractivity contribution in [3.05, 3.63) is 11.8 Å². The molecule has 0 aromatic heterocycles. The highest BCUT2D eigenvalue weighted by Gasteiger charge is 2.38. The zero-order valence-corrected chi connectivity index (χ0v) is 7.58. The topological polar surface area (TPSA) is 46.5 Å². The Balaban J connectivity index is 2.07. The minimum absolute atomic E-state index is 0.253. The zero-order valence-electron chi connectivity index (χ0n) is 7.58. The van der Waals surface area contributed by atoms with Crippen LogP contribution in [0.3, 0.4) is 0 Å². The lowest BCUT2D eigenvalue weighted by Gasteiger charge is -2.31. The third-order valence-electron chi connectivity index (χ3n) is 2.80. The van der Waals surface area contributed by atoms with Crippen LogP contribution in [0.1, 0.15) is 32.1 Å². The summed E-state index contributed by atoms with van der Waals surface area (Å²) in [5.41, 5.74) is -0.843. The summed E-state index contributed by atoms with van der Waals surface area (Å²) < 4.78 is 5.33. The van der Waals surface area contributed by atoms with E-state index in [1.807, 2.05) is 6.08 Å². The predicted octanol–water partition coefficient (Wildman–Crippen LogP) is 1.16. The lowest BCUT2D eigenvalue weighted by molar-refractivity contribution is -0.125. The minimum atomic E-state index is -0.843. The van der Waals surface area contributed by atoms with E-state index in [4.69, 9.17) is 4.74 Å². The summed E-state index contributed by atoms with van der Waals surface area (Å²) in [6.45, 7) is 0.672. The van der Waals surface area contributed by atoms with Gasteiger partial charge in [-0.3, -0.25) is 4.79 Å². The Morgan fingerprint density at radius 3 is 2.62 bits per heavy atom. The van der Waals surface area contributed by atoms with Crippen LogP contribution in [0.5, 0.6) is 0 Å². The molecule has 0 bridgehead atoms. The highest BCUT2D eigenvalue weighted by Crippen LogP contribution is 2.35. The van der Waals surface area contributed by atoms with Crippen LogP contribution < -0.4 is 0 Å². The molecule has 0 amide bonds. The zero-order chi connectivity index (χ0) is 9.31. The summed E-state index contributed by atoms with van der Waals surface area (Å²) in [5, 5.41) is 10.1. The first-order chi connectivity index (χ1) is 6.21. The fourth-order valence-corrected chi connectivity index (χ4v) is 1.93. The Hall–Kier alpha value is -0.830. The number of ketones is 1. The third kappa shape index (κ3) is 1.61. The van der Waals surface area contributed by atoms with Gasteiger partial charge in [0.05, 0.1) is 6.61 Å². The van der Waals surface area contributed by atoms with E-state index in [1.54, 1.807) is 0 Å². The van der Waals surface area contributed by atoms with Crippen LogP contribution in [0.15, 0.2) is 11.8 Å². The summed E-state index contributed by atoms with van der Waals surface area (Å²) in [5.74, 6) is 0.947. The van der Waals surface area contributed by atoms with Gasteiger partial charge in [-0.1, -0.05) is 0 Å². The molecule has 1 aliphatic carbocycles. The van der Waals surface area contributed by atoms with E-state index in [2.05, 4.69) is 0 Å². The highest BCUT2D eigenvalue weighted by molar-refractivity contribution is 5.79. The largest absolute Gasteiger partial charge is 0.495 e. The molecule has 1 heterocycles. The molecule has 0 aromatic carbocycles. The number of rotatable bonds is 1. The number of carbonyl (C=O) groups excluding carboxylic acids is 1. The molecule has 0 spiro atoms. The second kappa shape index (κ2) is 3.14. The SMILES string of the molecule is O=C1CCC(O)(C2=CCCO2)CC1. The van der Waals surface area contributed by atoms with Gasteiger partial charge in [0.25, 0.3) is 0 Å². The van der Waals surface area contributed by atoms with E-state index in [0.29, 0.717) is 38.0 Å². The predicted molar refractivity (Wildman–Crippen MR) is 47.1 cm³/mol. The molecule has 1 aliphatic heterocycles. The average molecular weight is 182 g/mol. The number of Topliss-reactive ketones (excluding diaryl/α,β-unsaturated/α-hetero) is 1. The van der Waals surface area contributed by atoms with Gasteiger partial charge in [-0.15, -0.1) is 0 Å². The maximum Gasteiger partial charge on any atom is 0.133 e. The van der Waals surface area contributed by atoms with Gasteiger partial charge in [0, 0.05) is 19.3 Å². The molecule has 3 nitrogen and oxygen atoms in total. The first-order valence-electron chi connectivity index (χ1n) is 4.78. The molecule has 2 rings (SSSR count). The van der Waals surface area contributed by atoms with Crippen molar-refractivity contribution in [2.75, 3.05) is 6.61 Å². The minimum Gasteiger partial charge on any atom is -0.495 e. The van der Waals surface area contributed by atoms with Crippen molar-refractivity contribution in [3.8, 4) is 0 Å². The van der Waals surface area contributed by atoms with E-state index in [0.717, 1.165) is 6.42 Å². The van der Waals surface area contributed by atoms with Crippen molar-refractivity contribution in [1.82, 2.24) is 0 Å². The van der Waals surface area contributed by atoms with E-state index in [1.165, 1.54) is 0 Å². The number of hydrogen-bond donors (Lipinski definition) is 1. The van der Waals surface area contributed by atoms with Crippen molar-refractivity contribution in [1.29, 1.82) is 0 Å². The number of ether oxygens (including phenoxy) is 1. The molecule has 2 aliphatic rings. The number of carbonyl (C=O) groups is 1. The van der Waals surface area contributed by atoms with Crippen LogP contribution in [0.25, 0.3) is 0 Å². The van der Waals surface area contributed by atoms with Crippen molar-refractivity contribution >= 4 is 5.78 Å². The smallest absolute Gasteiger partial charge is 0.133 e. The summed E-state index contributed by atoms with van der Waals surface area (Å²) in [7, 11) is 0. The summed E-state index contributed by atoms with van der Waals surface area (Å²) in [6, 6.07) is 0. The molecule has 72 valence electrons. The molecule has 0 saturated heterocycles. The van der Waals surface area contributed by atoms with E-state index in [-0.39, 0.29) is 5.78 Å². The molecule has 1 fully saturated rings. The van der Waals surface area contributed by atoms with Gasteiger partial charge in [-0.25, -0.2) is 0 Å². The molecule has 0 radical (unpaired) electrons. The Labute approximate surface area is 77.4 Å². The molecule has 1 saturated carbocycles. The first-order valence-corrected chi connectivity index (χ1v) is 4.78. The molecule has 13 heavy (non-hydrogen) atoms. The average Bonchev–Trinajstić information content (AvgIpc) is 2.63. The summed E-state index contributed by atoms with van der Waals surface area (Å²) in [4.78, 5) is 11.0. The van der Waals surface area contributed by atoms with E-state index in [9.17, 15) is 9.90 Å². The van der Waals surface area contributed by atoms with Crippen LogP contribution in [-0.4, -0.2) is 23.1 Å². The second-order valence-corrected chi connectivity index (χ2v) is 3.78. The van der Waals surface area contributed by atoms with Gasteiger partial charge in [0.1, 0.15) is 17.1 Å². The maximum absolute atomic E-state index is 11.0. The summed E-state index contributed by atoms with van der Waals surface area (Å²) in [6.07, 6.45) is 4.84. The van der Waals surface area contributed by atoms with E-state index >= 15 is 0 Å². The van der Waals surface area contributed by atoms with Crippen LogP contribution in [-0.2, 0) is 9.53 Å². The first kappa shape index (κ1) is 8.75. The van der Waals surface area contributed by atoms with Crippen molar-refractivity contribution in [3.63, 3.8) is 0 Å². The third-order valence-corrected chi connectivity index (χ3v) is 2.80. The molecular weight excluding hydrogens is 168 g/mol. The van der Waals surface area contributed by atoms with Crippen LogP contribution in [0, 0.1) is 0 Å². The van der Waals surface area contributed by atoms with Gasteiger partial charge in [-0.05, 0) is 18.9 Å². The highest BCUT2D eigenvalue weighted by atomic mass is 16.5. The Kier molecular flexibility index (Phi) is 2.12. The second-order valence-electron chi connectivity index (χ2n) is 3.78. The van der Waals surface area contributed by atoms with Crippen LogP contribution >= 0.6 is 0 Å². The molecule has 1 N–H and O–H groups in total. The van der Waals surface area contributed by atoms with Crippen molar-refractivity contribution in [2.45, 2.75) is 37.7 Å². The van der Waals surface area contributed by atoms with Crippen LogP contribution in [0.2, 0.25) is 0 Å². The van der Waals surface area contributed by atoms with Gasteiger partial charge in [-0.2, -0.15) is 0 Å². The Bertz CT molecular complexity index is 245. The number of aliphatic hydroxyl groups is 1. The van der Waals surface area contributed by atoms with Crippen LogP contribution in [0.4, 0.5) is 0 Å². The molecule has 0 atom stereocenters. The fraction of sp³-hybridized carbons (Fsp3) is 0.700. The quantitative estimate of drug-likeness (QED) is 0.662.